The molecule has 0 aliphatic carbocycles. The van der Waals surface area contributed by atoms with Gasteiger partial charge in [0.2, 0.25) is 0 Å². The Morgan fingerprint density at radius 1 is 0.689 bits per heavy atom. The van der Waals surface area contributed by atoms with Gasteiger partial charge in [0.1, 0.15) is 0 Å². The number of ether oxygens (including phenoxy) is 2. The zero-order chi connectivity index (χ0) is 35.1. The fraction of sp³-hybridized carbons (Fsp3) is 0.882. The molecule has 9 nitrogen and oxygen atoms in total. The van der Waals surface area contributed by atoms with Crippen molar-refractivity contribution in [1.29, 1.82) is 0 Å². The summed E-state index contributed by atoms with van der Waals surface area (Å²) in [6.45, 7) is 34.2. The lowest BCUT2D eigenvalue weighted by Crippen LogP contribution is -2.63. The molecular formula is C34H66O9Si2. The number of aliphatic hydroxyl groups is 1. The van der Waals surface area contributed by atoms with Gasteiger partial charge in [-0.3, -0.25) is 9.59 Å². The Hall–Kier alpha value is -1.09. The molecular weight excluding hydrogens is 609 g/mol. The van der Waals surface area contributed by atoms with Crippen molar-refractivity contribution in [3.05, 3.63) is 12.7 Å². The van der Waals surface area contributed by atoms with Gasteiger partial charge in [-0.15, -0.1) is 6.58 Å². The van der Waals surface area contributed by atoms with Gasteiger partial charge < -0.3 is 32.3 Å². The van der Waals surface area contributed by atoms with Crippen molar-refractivity contribution < 1.29 is 41.9 Å². The molecule has 0 amide bonds. The molecule has 0 bridgehead atoms. The molecule has 2 fully saturated rings. The maximum Gasteiger partial charge on any atom is 0.350 e. The summed E-state index contributed by atoms with van der Waals surface area (Å²) in [6.07, 6.45) is 3.71. The van der Waals surface area contributed by atoms with Gasteiger partial charge in [0.25, 0.3) is 0 Å². The highest BCUT2D eigenvalue weighted by Crippen LogP contribution is 2.56. The van der Waals surface area contributed by atoms with Gasteiger partial charge in [0, 0.05) is 33.2 Å². The number of hydrogen-bond acceptors (Lipinski definition) is 9. The molecule has 264 valence electrons. The lowest BCUT2D eigenvalue weighted by Gasteiger charge is -2.55. The zero-order valence-electron chi connectivity index (χ0n) is 31.0. The lowest BCUT2D eigenvalue weighted by molar-refractivity contribution is -0.148. The van der Waals surface area contributed by atoms with Crippen LogP contribution in [0.25, 0.3) is 0 Å². The maximum absolute atomic E-state index is 11.9. The second-order valence-corrected chi connectivity index (χ2v) is 25.8. The van der Waals surface area contributed by atoms with Crippen LogP contribution in [0.15, 0.2) is 12.7 Å². The highest BCUT2D eigenvalue weighted by molar-refractivity contribution is 6.74. The van der Waals surface area contributed by atoms with E-state index < -0.39 is 17.1 Å². The molecule has 0 saturated carbocycles. The molecule has 2 rings (SSSR count). The molecule has 0 aromatic carbocycles. The molecule has 0 aromatic heterocycles. The van der Waals surface area contributed by atoms with Crippen molar-refractivity contribution in [3.63, 3.8) is 0 Å². The van der Waals surface area contributed by atoms with Crippen LogP contribution in [0.5, 0.6) is 0 Å². The third-order valence-electron chi connectivity index (χ3n) is 8.40. The number of esters is 2. The Kier molecular flexibility index (Phi) is 15.2. The SMILES string of the molecule is C=C[C@H]1C[C@@H](CC(=O)OCC)O[Si](C(C)(C)C)(C(C)(C)C)O1.CCOC(=O)C[C@@H]1C[C@H](CCO)O[Si](C(C)(C)C)(C(C)(C)C)O1. The van der Waals surface area contributed by atoms with E-state index in [9.17, 15) is 14.7 Å². The standard InChI is InChI=1S/C17H34O5Si.C17H32O4Si/c1-8-20-15(19)12-14-11-13(9-10-18)21-23(22-14,16(2,3)4)17(5,6)7;1-9-13-11-14(12-15(18)19-10-2)21-22(20-13,16(3,4)5)17(6,7)8/h13-14,18H,8-12H2,1-7H3;9,13-14H,1,10-12H2,2-8H3/t2*13-,14-/m00/s1. The number of carbonyl (C=O) groups is 2. The van der Waals surface area contributed by atoms with E-state index in [2.05, 4.69) is 89.7 Å². The van der Waals surface area contributed by atoms with Crippen LogP contribution in [0.4, 0.5) is 0 Å². The third-order valence-corrected chi connectivity index (χ3v) is 18.9. The third kappa shape index (κ3) is 10.7. The van der Waals surface area contributed by atoms with E-state index in [0.29, 0.717) is 32.5 Å². The van der Waals surface area contributed by atoms with Crippen LogP contribution in [-0.4, -0.2) is 78.4 Å². The molecule has 4 atom stereocenters. The van der Waals surface area contributed by atoms with E-state index in [0.717, 1.165) is 0 Å². The van der Waals surface area contributed by atoms with Crippen LogP contribution in [0.3, 0.4) is 0 Å². The largest absolute Gasteiger partial charge is 0.466 e. The van der Waals surface area contributed by atoms with Crippen LogP contribution in [0.2, 0.25) is 20.2 Å². The van der Waals surface area contributed by atoms with Gasteiger partial charge >= 0.3 is 29.1 Å². The average molecular weight is 675 g/mol. The molecule has 11 heteroatoms. The predicted molar refractivity (Wildman–Crippen MR) is 183 cm³/mol. The van der Waals surface area contributed by atoms with Crippen LogP contribution in [0.1, 0.15) is 129 Å². The van der Waals surface area contributed by atoms with Gasteiger partial charge in [-0.1, -0.05) is 89.2 Å². The van der Waals surface area contributed by atoms with Gasteiger partial charge in [-0.25, -0.2) is 0 Å². The summed E-state index contributed by atoms with van der Waals surface area (Å²) in [5.74, 6) is -0.434. The Balaban J connectivity index is 0.000000450. The molecule has 0 aromatic rings. The van der Waals surface area contributed by atoms with Crippen molar-refractivity contribution in [3.8, 4) is 0 Å². The maximum atomic E-state index is 11.9. The van der Waals surface area contributed by atoms with Crippen LogP contribution in [-0.2, 0) is 36.8 Å². The van der Waals surface area contributed by atoms with Gasteiger partial charge in [-0.2, -0.15) is 0 Å². The van der Waals surface area contributed by atoms with Crippen LogP contribution >= 0.6 is 0 Å². The molecule has 0 radical (unpaired) electrons. The Morgan fingerprint density at radius 3 is 1.38 bits per heavy atom. The first-order valence-electron chi connectivity index (χ1n) is 16.7. The highest BCUT2D eigenvalue weighted by atomic mass is 28.4. The monoisotopic (exact) mass is 674 g/mol. The summed E-state index contributed by atoms with van der Waals surface area (Å²) >= 11 is 0. The number of rotatable bonds is 9. The van der Waals surface area contributed by atoms with Crippen molar-refractivity contribution >= 4 is 29.1 Å². The van der Waals surface area contributed by atoms with Gasteiger partial charge in [-0.05, 0) is 26.7 Å². The number of aliphatic hydroxyl groups excluding tert-OH is 1. The minimum Gasteiger partial charge on any atom is -0.466 e. The molecule has 2 saturated heterocycles. The minimum absolute atomic E-state index is 0.0710. The number of hydrogen-bond donors (Lipinski definition) is 1. The first kappa shape index (κ1) is 41.9. The van der Waals surface area contributed by atoms with Crippen molar-refractivity contribution in [2.24, 2.45) is 0 Å². The van der Waals surface area contributed by atoms with E-state index in [1.807, 2.05) is 13.0 Å². The molecule has 0 spiro atoms. The molecule has 2 heterocycles. The summed E-state index contributed by atoms with van der Waals surface area (Å²) in [4.78, 5) is 23.8. The average Bonchev–Trinajstić information content (AvgIpc) is 2.86. The Labute approximate surface area is 276 Å². The van der Waals surface area contributed by atoms with E-state index >= 15 is 0 Å². The first-order valence-corrected chi connectivity index (χ1v) is 20.3. The highest BCUT2D eigenvalue weighted by Gasteiger charge is 2.63. The minimum atomic E-state index is -2.66. The normalized spacial score (nSPS) is 25.4. The van der Waals surface area contributed by atoms with Crippen molar-refractivity contribution in [2.75, 3.05) is 19.8 Å². The Morgan fingerprint density at radius 2 is 1.04 bits per heavy atom. The first-order chi connectivity index (χ1) is 20.4. The fourth-order valence-corrected chi connectivity index (χ4v) is 16.9. The lowest BCUT2D eigenvalue weighted by atomic mass is 10.1. The smallest absolute Gasteiger partial charge is 0.350 e. The van der Waals surface area contributed by atoms with E-state index in [-0.39, 0.29) is 76.0 Å². The summed E-state index contributed by atoms with van der Waals surface area (Å²) < 4.78 is 36.2. The molecule has 2 aliphatic rings. The van der Waals surface area contributed by atoms with Gasteiger partial charge in [0.15, 0.2) is 0 Å². The quantitative estimate of drug-likeness (QED) is 0.148. The molecule has 2 aliphatic heterocycles. The van der Waals surface area contributed by atoms with Crippen molar-refractivity contribution in [2.45, 2.75) is 174 Å². The van der Waals surface area contributed by atoms with E-state index in [1.54, 1.807) is 6.92 Å². The summed E-state index contributed by atoms with van der Waals surface area (Å²) in [5, 5.41) is 8.83. The van der Waals surface area contributed by atoms with Crippen LogP contribution < -0.4 is 0 Å². The summed E-state index contributed by atoms with van der Waals surface area (Å²) in [6, 6.07) is 0. The van der Waals surface area contributed by atoms with E-state index in [4.69, 9.17) is 27.2 Å². The molecule has 0 unspecified atom stereocenters. The fourth-order valence-electron chi connectivity index (χ4n) is 6.91. The van der Waals surface area contributed by atoms with Crippen LogP contribution in [0, 0.1) is 0 Å². The second-order valence-electron chi connectivity index (χ2n) is 16.3. The molecule has 1 N–H and O–H groups in total. The topological polar surface area (TPSA) is 110 Å². The van der Waals surface area contributed by atoms with E-state index in [1.165, 1.54) is 0 Å². The van der Waals surface area contributed by atoms with Crippen molar-refractivity contribution in [1.82, 2.24) is 0 Å². The van der Waals surface area contributed by atoms with Gasteiger partial charge in [0.05, 0.1) is 50.5 Å². The zero-order valence-corrected chi connectivity index (χ0v) is 33.0. The second kappa shape index (κ2) is 16.3. The number of carbonyl (C=O) groups excluding carboxylic acids is 2. The summed E-state index contributed by atoms with van der Waals surface area (Å²) in [7, 11) is -5.26. The predicted octanol–water partition coefficient (Wildman–Crippen LogP) is 7.88. The summed E-state index contributed by atoms with van der Waals surface area (Å²) in [5.41, 5.74) is 0. The molecule has 45 heavy (non-hydrogen) atoms. The Bertz CT molecular complexity index is 929.